The Morgan fingerprint density at radius 2 is 1.87 bits per heavy atom. The van der Waals surface area contributed by atoms with Crippen molar-refractivity contribution in [1.82, 2.24) is 0 Å². The first kappa shape index (κ1) is 9.99. The summed E-state index contributed by atoms with van der Waals surface area (Å²) in [6.45, 7) is 2.03. The maximum Gasteiger partial charge on any atom is 0.0637 e. The van der Waals surface area contributed by atoms with Crippen molar-refractivity contribution in [2.45, 2.75) is 18.9 Å². The third-order valence-corrected chi connectivity index (χ3v) is 2.92. The smallest absolute Gasteiger partial charge is 0.0637 e. The van der Waals surface area contributed by atoms with Gasteiger partial charge in [0, 0.05) is 5.70 Å². The van der Waals surface area contributed by atoms with Gasteiger partial charge in [-0.2, -0.15) is 0 Å². The molecule has 0 spiro atoms. The van der Waals surface area contributed by atoms with Crippen LogP contribution in [0.15, 0.2) is 53.8 Å². The molecule has 0 fully saturated rings. The lowest BCUT2D eigenvalue weighted by atomic mass is 9.81. The van der Waals surface area contributed by atoms with E-state index < -0.39 is 5.54 Å². The van der Waals surface area contributed by atoms with Crippen molar-refractivity contribution < 1.29 is 0 Å². The van der Waals surface area contributed by atoms with Crippen molar-refractivity contribution >= 4 is 0 Å². The van der Waals surface area contributed by atoms with Gasteiger partial charge in [0.05, 0.1) is 5.54 Å². The molecule has 1 aromatic carbocycles. The lowest BCUT2D eigenvalue weighted by Gasteiger charge is -2.30. The zero-order chi connectivity index (χ0) is 10.9. The minimum absolute atomic E-state index is 0.395. The molecule has 0 radical (unpaired) electrons. The Labute approximate surface area is 90.3 Å². The first-order valence-corrected chi connectivity index (χ1v) is 5.11. The van der Waals surface area contributed by atoms with Gasteiger partial charge < -0.3 is 11.5 Å². The largest absolute Gasteiger partial charge is 0.399 e. The molecule has 0 saturated carbocycles. The quantitative estimate of drug-likeness (QED) is 0.728. The minimum atomic E-state index is -0.395. The summed E-state index contributed by atoms with van der Waals surface area (Å²) in [7, 11) is 0. The maximum absolute atomic E-state index is 6.36. The van der Waals surface area contributed by atoms with Crippen LogP contribution in [0.25, 0.3) is 0 Å². The van der Waals surface area contributed by atoms with E-state index >= 15 is 0 Å². The van der Waals surface area contributed by atoms with Crippen molar-refractivity contribution in [1.29, 1.82) is 0 Å². The molecule has 1 aliphatic carbocycles. The third-order valence-electron chi connectivity index (χ3n) is 2.92. The number of rotatable bonds is 1. The molecular formula is C13H16N2. The predicted octanol–water partition coefficient (Wildman–Crippen LogP) is 2.03. The van der Waals surface area contributed by atoms with Gasteiger partial charge in [-0.25, -0.2) is 0 Å². The van der Waals surface area contributed by atoms with Gasteiger partial charge in [-0.15, -0.1) is 0 Å². The summed E-state index contributed by atoms with van der Waals surface area (Å²) in [5, 5.41) is 0. The fourth-order valence-corrected chi connectivity index (χ4v) is 1.93. The Morgan fingerprint density at radius 3 is 2.47 bits per heavy atom. The van der Waals surface area contributed by atoms with Crippen LogP contribution in [0.5, 0.6) is 0 Å². The van der Waals surface area contributed by atoms with Gasteiger partial charge in [0.15, 0.2) is 0 Å². The highest BCUT2D eigenvalue weighted by atomic mass is 14.7. The summed E-state index contributed by atoms with van der Waals surface area (Å²) < 4.78 is 0. The van der Waals surface area contributed by atoms with Crippen LogP contribution >= 0.6 is 0 Å². The van der Waals surface area contributed by atoms with Crippen LogP contribution in [0.4, 0.5) is 0 Å². The number of benzene rings is 1. The Morgan fingerprint density at radius 1 is 1.20 bits per heavy atom. The van der Waals surface area contributed by atoms with Gasteiger partial charge in [-0.1, -0.05) is 36.4 Å². The predicted molar refractivity (Wildman–Crippen MR) is 63.0 cm³/mol. The van der Waals surface area contributed by atoms with Gasteiger partial charge >= 0.3 is 0 Å². The zero-order valence-corrected chi connectivity index (χ0v) is 8.90. The molecule has 2 rings (SSSR count). The second-order valence-electron chi connectivity index (χ2n) is 4.15. The van der Waals surface area contributed by atoms with Gasteiger partial charge in [0.25, 0.3) is 0 Å². The molecule has 15 heavy (non-hydrogen) atoms. The lowest BCUT2D eigenvalue weighted by molar-refractivity contribution is 0.544. The number of hydrogen-bond donors (Lipinski definition) is 2. The fourth-order valence-electron chi connectivity index (χ4n) is 1.93. The van der Waals surface area contributed by atoms with Crippen molar-refractivity contribution in [3.05, 3.63) is 59.3 Å². The molecule has 1 aliphatic rings. The topological polar surface area (TPSA) is 52.0 Å². The summed E-state index contributed by atoms with van der Waals surface area (Å²) in [6, 6.07) is 10.1. The highest BCUT2D eigenvalue weighted by Crippen LogP contribution is 2.31. The normalized spacial score (nSPS) is 25.7. The molecule has 0 aromatic heterocycles. The molecule has 0 aliphatic heterocycles. The third kappa shape index (κ3) is 1.81. The van der Waals surface area contributed by atoms with E-state index in [9.17, 15) is 0 Å². The van der Waals surface area contributed by atoms with E-state index in [1.165, 1.54) is 0 Å². The number of allylic oxidation sites excluding steroid dienone is 1. The van der Waals surface area contributed by atoms with Crippen molar-refractivity contribution in [2.75, 3.05) is 0 Å². The highest BCUT2D eigenvalue weighted by molar-refractivity contribution is 5.39. The summed E-state index contributed by atoms with van der Waals surface area (Å²) in [5.74, 6) is 0. The van der Waals surface area contributed by atoms with Crippen LogP contribution in [0.3, 0.4) is 0 Å². The van der Waals surface area contributed by atoms with Crippen LogP contribution in [0.2, 0.25) is 0 Å². The Hall–Kier alpha value is -1.54. The molecule has 2 nitrogen and oxygen atoms in total. The number of nitrogens with two attached hydrogens (primary N) is 2. The van der Waals surface area contributed by atoms with Gasteiger partial charge in [-0.05, 0) is 30.6 Å². The van der Waals surface area contributed by atoms with Gasteiger partial charge in [0.2, 0.25) is 0 Å². The molecule has 0 heterocycles. The maximum atomic E-state index is 6.36. The minimum Gasteiger partial charge on any atom is -0.399 e. The molecule has 0 saturated heterocycles. The molecule has 0 bridgehead atoms. The van der Waals surface area contributed by atoms with Crippen LogP contribution in [-0.4, -0.2) is 0 Å². The van der Waals surface area contributed by atoms with Crippen molar-refractivity contribution in [3.8, 4) is 0 Å². The van der Waals surface area contributed by atoms with E-state index in [2.05, 4.69) is 12.1 Å². The molecule has 0 amide bonds. The first-order valence-electron chi connectivity index (χ1n) is 5.11. The van der Waals surface area contributed by atoms with Gasteiger partial charge in [0.1, 0.15) is 0 Å². The average molecular weight is 200 g/mol. The molecular weight excluding hydrogens is 184 g/mol. The fraction of sp³-hybridized carbons (Fsp3) is 0.231. The van der Waals surface area contributed by atoms with Crippen LogP contribution in [-0.2, 0) is 5.54 Å². The summed E-state index contributed by atoms with van der Waals surface area (Å²) >= 11 is 0. The average Bonchev–Trinajstić information content (AvgIpc) is 2.26. The second-order valence-corrected chi connectivity index (χ2v) is 4.15. The van der Waals surface area contributed by atoms with E-state index in [1.807, 2.05) is 37.3 Å². The molecule has 4 N–H and O–H groups in total. The summed E-state index contributed by atoms with van der Waals surface area (Å²) in [4.78, 5) is 0. The molecule has 78 valence electrons. The van der Waals surface area contributed by atoms with E-state index in [-0.39, 0.29) is 0 Å². The molecule has 1 aromatic rings. The van der Waals surface area contributed by atoms with E-state index in [4.69, 9.17) is 11.5 Å². The standard InChI is InChI=1S/C13H16N2/c1-10-9-13(15,8-7-12(10)14)11-5-3-2-4-6-11/h2-8H,9,14-15H2,1H3. The van der Waals surface area contributed by atoms with Crippen LogP contribution in [0, 0.1) is 0 Å². The van der Waals surface area contributed by atoms with Crippen molar-refractivity contribution in [2.24, 2.45) is 11.5 Å². The Bertz CT molecular complexity index is 417. The van der Waals surface area contributed by atoms with Gasteiger partial charge in [-0.3, -0.25) is 0 Å². The monoisotopic (exact) mass is 200 g/mol. The van der Waals surface area contributed by atoms with Crippen LogP contribution < -0.4 is 11.5 Å². The molecule has 1 unspecified atom stereocenters. The van der Waals surface area contributed by atoms with E-state index in [0.717, 1.165) is 23.3 Å². The van der Waals surface area contributed by atoms with E-state index in [0.29, 0.717) is 0 Å². The summed E-state index contributed by atoms with van der Waals surface area (Å²) in [5.41, 5.74) is 14.9. The molecule has 2 heteroatoms. The Balaban J connectivity index is 2.36. The zero-order valence-electron chi connectivity index (χ0n) is 8.90. The second kappa shape index (κ2) is 3.55. The highest BCUT2D eigenvalue weighted by Gasteiger charge is 2.27. The molecule has 1 atom stereocenters. The first-order chi connectivity index (χ1) is 7.12. The van der Waals surface area contributed by atoms with Crippen molar-refractivity contribution in [3.63, 3.8) is 0 Å². The SMILES string of the molecule is CC1=C(N)C=CC(N)(c2ccccc2)C1. The van der Waals surface area contributed by atoms with Crippen LogP contribution in [0.1, 0.15) is 18.9 Å². The Kier molecular flexibility index (Phi) is 2.37. The lowest BCUT2D eigenvalue weighted by Crippen LogP contribution is -2.36. The number of hydrogen-bond acceptors (Lipinski definition) is 2. The summed E-state index contributed by atoms with van der Waals surface area (Å²) in [6.07, 6.45) is 4.69. The van der Waals surface area contributed by atoms with E-state index in [1.54, 1.807) is 0 Å².